The van der Waals surface area contributed by atoms with E-state index in [1.54, 1.807) is 31.3 Å². The first-order valence-electron chi connectivity index (χ1n) is 15.1. The molecule has 2 N–H and O–H groups in total. The van der Waals surface area contributed by atoms with E-state index in [2.05, 4.69) is 26.1 Å². The van der Waals surface area contributed by atoms with E-state index in [9.17, 15) is 24.3 Å². The van der Waals surface area contributed by atoms with Gasteiger partial charge in [0.15, 0.2) is 11.6 Å². The minimum Gasteiger partial charge on any atom is -0.508 e. The summed E-state index contributed by atoms with van der Waals surface area (Å²) >= 11 is 0. The van der Waals surface area contributed by atoms with Crippen LogP contribution in [0.15, 0.2) is 54.6 Å². The zero-order chi connectivity index (χ0) is 31.4. The van der Waals surface area contributed by atoms with Crippen LogP contribution in [0.2, 0.25) is 0 Å². The molecule has 0 saturated carbocycles. The second-order valence-corrected chi connectivity index (χ2v) is 13.3. The second kappa shape index (κ2) is 16.2. The van der Waals surface area contributed by atoms with Crippen LogP contribution in [0.3, 0.4) is 0 Å². The molecule has 42 heavy (non-hydrogen) atoms. The van der Waals surface area contributed by atoms with Crippen LogP contribution in [0.1, 0.15) is 78.4 Å². The van der Waals surface area contributed by atoms with Gasteiger partial charge in [-0.1, -0.05) is 84.0 Å². The van der Waals surface area contributed by atoms with Gasteiger partial charge in [-0.3, -0.25) is 19.2 Å². The van der Waals surface area contributed by atoms with Crippen molar-refractivity contribution >= 4 is 23.4 Å². The number of Topliss-reactive ketones (excluding diaryl/α,β-unsaturated/α-hetero) is 2. The number of benzene rings is 2. The number of hydrogen-bond acceptors (Lipinski definition) is 5. The topological polar surface area (TPSA) is 104 Å². The third-order valence-corrected chi connectivity index (χ3v) is 7.41. The van der Waals surface area contributed by atoms with Gasteiger partial charge in [-0.05, 0) is 60.3 Å². The van der Waals surface area contributed by atoms with Crippen molar-refractivity contribution in [2.24, 2.45) is 23.2 Å². The molecule has 2 aromatic rings. The average molecular weight is 579 g/mol. The summed E-state index contributed by atoms with van der Waals surface area (Å²) in [5.74, 6) is -1.37. The maximum Gasteiger partial charge on any atom is 0.226 e. The molecule has 0 bridgehead atoms. The first-order chi connectivity index (χ1) is 19.6. The number of hydrogen-bond donors (Lipinski definition) is 2. The Hall–Kier alpha value is -3.48. The molecule has 0 aliphatic heterocycles. The van der Waals surface area contributed by atoms with E-state index in [0.29, 0.717) is 19.3 Å². The minimum atomic E-state index is -0.832. The molecule has 7 heteroatoms. The number of carbonyl (C=O) groups is 4. The van der Waals surface area contributed by atoms with Gasteiger partial charge in [0, 0.05) is 31.7 Å². The number of nitrogens with one attached hydrogen (secondary N) is 1. The Morgan fingerprint density at radius 3 is 2.05 bits per heavy atom. The third-order valence-electron chi connectivity index (χ3n) is 7.41. The van der Waals surface area contributed by atoms with Gasteiger partial charge >= 0.3 is 0 Å². The molecular formula is C35H50N2O5. The molecule has 2 rings (SSSR count). The van der Waals surface area contributed by atoms with Crippen molar-refractivity contribution < 1.29 is 24.3 Å². The Bertz CT molecular complexity index is 1170. The highest BCUT2D eigenvalue weighted by Crippen LogP contribution is 2.23. The van der Waals surface area contributed by atoms with E-state index in [1.165, 1.54) is 4.90 Å². The number of aromatic hydroxyl groups is 1. The van der Waals surface area contributed by atoms with Crippen molar-refractivity contribution in [2.45, 2.75) is 86.1 Å². The van der Waals surface area contributed by atoms with Crippen molar-refractivity contribution in [1.29, 1.82) is 0 Å². The van der Waals surface area contributed by atoms with Crippen LogP contribution in [0.4, 0.5) is 0 Å². The Morgan fingerprint density at radius 1 is 0.881 bits per heavy atom. The quantitative estimate of drug-likeness (QED) is 0.263. The fourth-order valence-corrected chi connectivity index (χ4v) is 4.96. The van der Waals surface area contributed by atoms with Crippen LogP contribution in [-0.2, 0) is 32.0 Å². The van der Waals surface area contributed by atoms with Crippen molar-refractivity contribution in [3.8, 4) is 5.75 Å². The number of ketones is 2. The van der Waals surface area contributed by atoms with Crippen LogP contribution in [0.5, 0.6) is 5.75 Å². The van der Waals surface area contributed by atoms with E-state index in [-0.39, 0.29) is 65.8 Å². The van der Waals surface area contributed by atoms with E-state index < -0.39 is 12.0 Å². The van der Waals surface area contributed by atoms with E-state index >= 15 is 0 Å². The van der Waals surface area contributed by atoms with Gasteiger partial charge in [0.1, 0.15) is 5.75 Å². The number of phenols is 1. The molecule has 0 radical (unpaired) electrons. The Labute approximate surface area is 252 Å². The lowest BCUT2D eigenvalue weighted by Crippen LogP contribution is -2.46. The molecule has 0 aromatic heterocycles. The fourth-order valence-electron chi connectivity index (χ4n) is 4.96. The molecule has 2 amide bonds. The maximum atomic E-state index is 13.8. The third kappa shape index (κ3) is 12.6. The van der Waals surface area contributed by atoms with Gasteiger partial charge in [-0.25, -0.2) is 0 Å². The number of nitrogens with zero attached hydrogens (tertiary/aromatic N) is 1. The van der Waals surface area contributed by atoms with Crippen LogP contribution >= 0.6 is 0 Å². The lowest BCUT2D eigenvalue weighted by molar-refractivity contribution is -0.140. The van der Waals surface area contributed by atoms with Gasteiger partial charge in [0.25, 0.3) is 0 Å². The number of rotatable bonds is 16. The summed E-state index contributed by atoms with van der Waals surface area (Å²) in [6.45, 7) is 12.1. The monoisotopic (exact) mass is 578 g/mol. The second-order valence-electron chi connectivity index (χ2n) is 13.3. The van der Waals surface area contributed by atoms with Crippen LogP contribution in [-0.4, -0.2) is 53.0 Å². The van der Waals surface area contributed by atoms with Crippen LogP contribution in [0.25, 0.3) is 0 Å². The number of likely N-dealkylation sites (N-methyl/N-ethyl adjacent to an activating group) is 1. The summed E-state index contributed by atoms with van der Waals surface area (Å²) < 4.78 is 0. The molecule has 0 fully saturated rings. The molecule has 0 heterocycles. The SMILES string of the molecule is CC(C)C[C@@H](CC(=O)[C@H](Cc1ccc(O)cc1)NC(=O)[C@H](C)Cc1ccccc1)C(=O)N(C)CC(=O)CCC(C)(C)C. The highest BCUT2D eigenvalue weighted by Gasteiger charge is 2.31. The van der Waals surface area contributed by atoms with Crippen LogP contribution < -0.4 is 5.32 Å². The largest absolute Gasteiger partial charge is 0.508 e. The molecular weight excluding hydrogens is 528 g/mol. The van der Waals surface area contributed by atoms with Crippen molar-refractivity contribution in [1.82, 2.24) is 10.2 Å². The summed E-state index contributed by atoms with van der Waals surface area (Å²) in [7, 11) is 1.62. The average Bonchev–Trinajstić information content (AvgIpc) is 2.91. The maximum absolute atomic E-state index is 13.8. The molecule has 0 aliphatic carbocycles. The fraction of sp³-hybridized carbons (Fsp3) is 0.543. The molecule has 3 atom stereocenters. The van der Waals surface area contributed by atoms with Gasteiger partial charge < -0.3 is 15.3 Å². The van der Waals surface area contributed by atoms with E-state index in [1.807, 2.05) is 51.1 Å². The number of amides is 2. The van der Waals surface area contributed by atoms with Crippen molar-refractivity contribution in [2.75, 3.05) is 13.6 Å². The molecule has 7 nitrogen and oxygen atoms in total. The Balaban J connectivity index is 2.19. The highest BCUT2D eigenvalue weighted by atomic mass is 16.3. The molecule has 230 valence electrons. The number of carbonyl (C=O) groups excluding carboxylic acids is 4. The smallest absolute Gasteiger partial charge is 0.226 e. The predicted molar refractivity (Wildman–Crippen MR) is 167 cm³/mol. The molecule has 0 saturated heterocycles. The molecule has 0 unspecified atom stereocenters. The molecule has 2 aromatic carbocycles. The van der Waals surface area contributed by atoms with E-state index in [4.69, 9.17) is 0 Å². The van der Waals surface area contributed by atoms with Gasteiger partial charge in [0.05, 0.1) is 12.6 Å². The summed E-state index contributed by atoms with van der Waals surface area (Å²) in [5, 5.41) is 12.7. The van der Waals surface area contributed by atoms with Gasteiger partial charge in [0.2, 0.25) is 11.8 Å². The normalized spacial score (nSPS) is 13.7. The zero-order valence-corrected chi connectivity index (χ0v) is 26.5. The summed E-state index contributed by atoms with van der Waals surface area (Å²) in [4.78, 5) is 54.6. The molecule has 0 aliphatic rings. The van der Waals surface area contributed by atoms with E-state index in [0.717, 1.165) is 17.5 Å². The summed E-state index contributed by atoms with van der Waals surface area (Å²) in [5.41, 5.74) is 1.85. The Kier molecular flexibility index (Phi) is 13.4. The highest BCUT2D eigenvalue weighted by molar-refractivity contribution is 5.94. The van der Waals surface area contributed by atoms with Gasteiger partial charge in [-0.15, -0.1) is 0 Å². The summed E-state index contributed by atoms with van der Waals surface area (Å²) in [6, 6.07) is 15.4. The minimum absolute atomic E-state index is 0.000252. The predicted octanol–water partition coefficient (Wildman–Crippen LogP) is 5.77. The lowest BCUT2D eigenvalue weighted by Gasteiger charge is -2.27. The first kappa shape index (κ1) is 34.7. The Morgan fingerprint density at radius 2 is 1.48 bits per heavy atom. The number of phenolic OH excluding ortho intramolecular Hbond substituents is 1. The standard InChI is InChI=1S/C35H50N2O5/c1-24(2)19-28(34(42)37(7)23-30(39)17-18-35(4,5)6)22-32(40)31(21-27-13-15-29(38)16-14-27)36-33(41)25(3)20-26-11-9-8-10-12-26/h8-16,24-25,28,31,38H,17-23H2,1-7H3,(H,36,41)/t25-,28+,31+/m1/s1. The summed E-state index contributed by atoms with van der Waals surface area (Å²) in [6.07, 6.45) is 2.38. The first-order valence-corrected chi connectivity index (χ1v) is 15.1. The van der Waals surface area contributed by atoms with Gasteiger partial charge in [-0.2, -0.15) is 0 Å². The zero-order valence-electron chi connectivity index (χ0n) is 26.5. The van der Waals surface area contributed by atoms with Crippen molar-refractivity contribution in [3.63, 3.8) is 0 Å². The molecule has 0 spiro atoms. The lowest BCUT2D eigenvalue weighted by atomic mass is 9.87. The van der Waals surface area contributed by atoms with Crippen LogP contribution in [0, 0.1) is 23.2 Å². The van der Waals surface area contributed by atoms with Crippen molar-refractivity contribution in [3.05, 3.63) is 65.7 Å².